The first-order valence-electron chi connectivity index (χ1n) is 8.31. The summed E-state index contributed by atoms with van der Waals surface area (Å²) in [5.41, 5.74) is 0. The highest BCUT2D eigenvalue weighted by Crippen LogP contribution is 2.15. The van der Waals surface area contributed by atoms with Crippen LogP contribution in [0.1, 0.15) is 6.92 Å². The maximum atomic E-state index is 12.8. The van der Waals surface area contributed by atoms with Crippen molar-refractivity contribution >= 4 is 35.8 Å². The van der Waals surface area contributed by atoms with Crippen molar-refractivity contribution < 1.29 is 27.1 Å². The van der Waals surface area contributed by atoms with Crippen LogP contribution in [-0.4, -0.2) is 74.7 Å². The van der Waals surface area contributed by atoms with Gasteiger partial charge in [-0.05, 0) is 31.2 Å². The lowest BCUT2D eigenvalue weighted by Crippen LogP contribution is -2.42. The van der Waals surface area contributed by atoms with E-state index in [0.29, 0.717) is 29.7 Å². The number of nitrogens with zero attached hydrogens (tertiary/aromatic N) is 3. The quantitative estimate of drug-likeness (QED) is 0.248. The maximum absolute atomic E-state index is 12.8. The van der Waals surface area contributed by atoms with Crippen LogP contribution >= 0.6 is 24.0 Å². The minimum atomic E-state index is -4.45. The Bertz CT molecular complexity index is 627. The summed E-state index contributed by atoms with van der Waals surface area (Å²) in [7, 11) is 2.79. The second kappa shape index (κ2) is 12.6. The smallest absolute Gasteiger partial charge is 0.406 e. The number of likely N-dealkylation sites (N-methyl/N-ethyl adjacent to an activating group) is 2. The van der Waals surface area contributed by atoms with Gasteiger partial charge in [0.15, 0.2) is 5.96 Å². The number of hydrogen-bond acceptors (Lipinski definition) is 3. The molecule has 1 aromatic rings. The van der Waals surface area contributed by atoms with Crippen LogP contribution in [0.15, 0.2) is 29.3 Å². The molecule has 0 radical (unpaired) electrons. The summed E-state index contributed by atoms with van der Waals surface area (Å²) >= 11 is 0. The Morgan fingerprint density at radius 3 is 2.32 bits per heavy atom. The molecule has 1 amide bonds. The van der Waals surface area contributed by atoms with E-state index in [0.717, 1.165) is 7.05 Å². The van der Waals surface area contributed by atoms with Gasteiger partial charge in [-0.1, -0.05) is 0 Å². The lowest BCUT2D eigenvalue weighted by Gasteiger charge is -2.23. The molecule has 0 fully saturated rings. The summed E-state index contributed by atoms with van der Waals surface area (Å²) in [5, 5.41) is 2.96. The van der Waals surface area contributed by atoms with E-state index in [1.54, 1.807) is 11.9 Å². The van der Waals surface area contributed by atoms with Crippen molar-refractivity contribution in [1.82, 2.24) is 15.1 Å². The molecule has 0 unspecified atom stereocenters. The molecular weight excluding hydrogens is 495 g/mol. The molecule has 0 atom stereocenters. The van der Waals surface area contributed by atoms with Crippen molar-refractivity contribution in [3.05, 3.63) is 30.1 Å². The van der Waals surface area contributed by atoms with Gasteiger partial charge in [0.2, 0.25) is 5.91 Å². The number of hydrogen-bond donors (Lipinski definition) is 1. The van der Waals surface area contributed by atoms with Crippen LogP contribution in [0, 0.1) is 5.82 Å². The van der Waals surface area contributed by atoms with Crippen LogP contribution in [0.3, 0.4) is 0 Å². The monoisotopic (exact) mass is 520 g/mol. The van der Waals surface area contributed by atoms with Gasteiger partial charge < -0.3 is 19.9 Å². The van der Waals surface area contributed by atoms with Gasteiger partial charge in [-0.3, -0.25) is 4.79 Å². The molecule has 0 aliphatic heterocycles. The molecule has 28 heavy (non-hydrogen) atoms. The predicted molar refractivity (Wildman–Crippen MR) is 110 cm³/mol. The summed E-state index contributed by atoms with van der Waals surface area (Å²) < 4.78 is 55.3. The molecule has 0 spiro atoms. The topological polar surface area (TPSA) is 57.2 Å². The number of guanidine groups is 1. The molecular formula is C17H25F4IN4O2. The van der Waals surface area contributed by atoms with Gasteiger partial charge in [0.25, 0.3) is 0 Å². The number of ether oxygens (including phenoxy) is 1. The fraction of sp³-hybridized carbons (Fsp3) is 0.529. The minimum absolute atomic E-state index is 0. The zero-order chi connectivity index (χ0) is 20.4. The number of alkyl halides is 3. The average Bonchev–Trinajstić information content (AvgIpc) is 2.58. The summed E-state index contributed by atoms with van der Waals surface area (Å²) in [6, 6.07) is 5.58. The Hall–Kier alpha value is -1.79. The summed E-state index contributed by atoms with van der Waals surface area (Å²) in [4.78, 5) is 18.1. The predicted octanol–water partition coefficient (Wildman–Crippen LogP) is 2.74. The van der Waals surface area contributed by atoms with Crippen molar-refractivity contribution in [3.63, 3.8) is 0 Å². The van der Waals surface area contributed by atoms with Gasteiger partial charge in [-0.15, -0.1) is 24.0 Å². The summed E-state index contributed by atoms with van der Waals surface area (Å²) in [5.74, 6) is -0.218. The highest BCUT2D eigenvalue weighted by atomic mass is 127. The van der Waals surface area contributed by atoms with E-state index in [4.69, 9.17) is 4.74 Å². The zero-order valence-electron chi connectivity index (χ0n) is 15.9. The second-order valence-corrected chi connectivity index (χ2v) is 5.76. The van der Waals surface area contributed by atoms with Gasteiger partial charge in [0.05, 0.1) is 6.54 Å². The lowest BCUT2D eigenvalue weighted by atomic mass is 10.3. The van der Waals surface area contributed by atoms with E-state index in [2.05, 4.69) is 10.3 Å². The van der Waals surface area contributed by atoms with Crippen LogP contribution in [0.2, 0.25) is 0 Å². The number of aliphatic imine (C=N–C) groups is 1. The largest absolute Gasteiger partial charge is 0.492 e. The number of halogens is 5. The van der Waals surface area contributed by atoms with Gasteiger partial charge in [0, 0.05) is 20.6 Å². The van der Waals surface area contributed by atoms with Crippen LogP contribution < -0.4 is 10.1 Å². The van der Waals surface area contributed by atoms with Crippen LogP contribution in [0.25, 0.3) is 0 Å². The molecule has 1 rings (SSSR count). The number of rotatable bonds is 8. The minimum Gasteiger partial charge on any atom is -0.492 e. The van der Waals surface area contributed by atoms with Gasteiger partial charge in [0.1, 0.15) is 31.3 Å². The van der Waals surface area contributed by atoms with E-state index >= 15 is 0 Å². The Balaban J connectivity index is 0.00000729. The summed E-state index contributed by atoms with van der Waals surface area (Å²) in [6.45, 7) is 1.30. The third-order valence-corrected chi connectivity index (χ3v) is 3.41. The van der Waals surface area contributed by atoms with Crippen LogP contribution in [0.4, 0.5) is 17.6 Å². The molecule has 6 nitrogen and oxygen atoms in total. The first-order chi connectivity index (χ1) is 12.6. The fourth-order valence-corrected chi connectivity index (χ4v) is 2.03. The molecule has 1 N–H and O–H groups in total. The van der Waals surface area contributed by atoms with Crippen molar-refractivity contribution in [1.29, 1.82) is 0 Å². The number of carbonyl (C=O) groups is 1. The third kappa shape index (κ3) is 10.5. The van der Waals surface area contributed by atoms with Gasteiger partial charge in [-0.25, -0.2) is 9.38 Å². The highest BCUT2D eigenvalue weighted by molar-refractivity contribution is 14.0. The molecule has 0 heterocycles. The number of amides is 1. The Kier molecular flexibility index (Phi) is 11.8. The van der Waals surface area contributed by atoms with Crippen molar-refractivity contribution in [2.75, 3.05) is 46.9 Å². The number of carbonyl (C=O) groups excluding carboxylic acids is 1. The Morgan fingerprint density at radius 2 is 1.79 bits per heavy atom. The second-order valence-electron chi connectivity index (χ2n) is 5.76. The van der Waals surface area contributed by atoms with Crippen LogP contribution in [-0.2, 0) is 4.79 Å². The standard InChI is InChI=1S/C17H24F4N4O2.HI/c1-4-22-16(23-11-15(26)25(3)12-17(19,20)21)24(2)9-10-27-14-7-5-13(18)6-8-14;/h5-8H,4,9-12H2,1-3H3,(H,22,23);1H. The average molecular weight is 520 g/mol. The fourth-order valence-electron chi connectivity index (χ4n) is 2.03. The van der Waals surface area contributed by atoms with E-state index in [1.165, 1.54) is 24.3 Å². The number of nitrogens with one attached hydrogen (secondary N) is 1. The van der Waals surface area contributed by atoms with Gasteiger partial charge in [-0.2, -0.15) is 13.2 Å². The van der Waals surface area contributed by atoms with E-state index in [9.17, 15) is 22.4 Å². The zero-order valence-corrected chi connectivity index (χ0v) is 18.3. The lowest BCUT2D eigenvalue weighted by molar-refractivity contribution is -0.157. The first-order valence-corrected chi connectivity index (χ1v) is 8.31. The summed E-state index contributed by atoms with van der Waals surface area (Å²) in [6.07, 6.45) is -4.45. The Morgan fingerprint density at radius 1 is 1.18 bits per heavy atom. The molecule has 0 saturated carbocycles. The van der Waals surface area contributed by atoms with E-state index in [-0.39, 0.29) is 36.4 Å². The third-order valence-electron chi connectivity index (χ3n) is 3.41. The van der Waals surface area contributed by atoms with Gasteiger partial charge >= 0.3 is 6.18 Å². The van der Waals surface area contributed by atoms with Crippen LogP contribution in [0.5, 0.6) is 5.75 Å². The van der Waals surface area contributed by atoms with Crippen molar-refractivity contribution in [2.45, 2.75) is 13.1 Å². The Labute approximate surface area is 178 Å². The molecule has 11 heteroatoms. The van der Waals surface area contributed by atoms with E-state index < -0.39 is 25.2 Å². The van der Waals surface area contributed by atoms with Crippen molar-refractivity contribution in [2.24, 2.45) is 4.99 Å². The molecule has 160 valence electrons. The molecule has 0 aliphatic rings. The number of benzene rings is 1. The maximum Gasteiger partial charge on any atom is 0.406 e. The first kappa shape index (κ1) is 26.2. The molecule has 0 aliphatic carbocycles. The molecule has 1 aromatic carbocycles. The van der Waals surface area contributed by atoms with E-state index in [1.807, 2.05) is 6.92 Å². The molecule has 0 aromatic heterocycles. The SMILES string of the molecule is CCNC(=NCC(=O)N(C)CC(F)(F)F)N(C)CCOc1ccc(F)cc1.I. The highest BCUT2D eigenvalue weighted by Gasteiger charge is 2.31. The van der Waals surface area contributed by atoms with Crippen molar-refractivity contribution in [3.8, 4) is 5.75 Å². The molecule has 0 bridgehead atoms. The molecule has 0 saturated heterocycles. The normalized spacial score (nSPS) is 11.5.